The molecular formula is C58H34N4OS. The van der Waals surface area contributed by atoms with Crippen LogP contribution in [0.1, 0.15) is 0 Å². The van der Waals surface area contributed by atoms with Crippen molar-refractivity contribution in [2.24, 2.45) is 0 Å². The van der Waals surface area contributed by atoms with Gasteiger partial charge in [0, 0.05) is 69.4 Å². The minimum Gasteiger partial charge on any atom is -0.456 e. The summed E-state index contributed by atoms with van der Waals surface area (Å²) >= 11 is 1.84. The van der Waals surface area contributed by atoms with Gasteiger partial charge in [-0.2, -0.15) is 0 Å². The van der Waals surface area contributed by atoms with Crippen LogP contribution in [0.2, 0.25) is 0 Å². The number of pyridine rings is 1. The van der Waals surface area contributed by atoms with Gasteiger partial charge in [-0.1, -0.05) is 164 Å². The molecule has 0 bridgehead atoms. The minimum absolute atomic E-state index is 0.645. The van der Waals surface area contributed by atoms with Crippen molar-refractivity contribution >= 4 is 75.1 Å². The van der Waals surface area contributed by atoms with Gasteiger partial charge in [0.25, 0.3) is 0 Å². The van der Waals surface area contributed by atoms with Gasteiger partial charge in [-0.25, -0.2) is 19.9 Å². The highest BCUT2D eigenvalue weighted by Crippen LogP contribution is 2.43. The molecule has 0 radical (unpaired) electrons. The molecule has 9 aromatic carbocycles. The molecule has 13 rings (SSSR count). The van der Waals surface area contributed by atoms with Crippen LogP contribution in [0.4, 0.5) is 0 Å². The summed E-state index contributed by atoms with van der Waals surface area (Å²) in [4.78, 5) is 19.9. The first kappa shape index (κ1) is 36.3. The van der Waals surface area contributed by atoms with E-state index in [1.54, 1.807) is 0 Å². The van der Waals surface area contributed by atoms with Gasteiger partial charge in [0.15, 0.2) is 17.5 Å². The number of nitrogens with zero attached hydrogens (tertiary/aromatic N) is 4. The Hall–Kier alpha value is -8.32. The highest BCUT2D eigenvalue weighted by molar-refractivity contribution is 7.25. The zero-order valence-corrected chi connectivity index (χ0v) is 35.1. The van der Waals surface area contributed by atoms with E-state index in [1.807, 2.05) is 78.1 Å². The van der Waals surface area contributed by atoms with Crippen LogP contribution in [0.15, 0.2) is 211 Å². The molecule has 0 aliphatic carbocycles. The molecule has 0 amide bonds. The van der Waals surface area contributed by atoms with Crippen molar-refractivity contribution in [2.45, 2.75) is 0 Å². The molecule has 0 unspecified atom stereocenters. The van der Waals surface area contributed by atoms with Crippen LogP contribution in [-0.4, -0.2) is 19.9 Å². The summed E-state index contributed by atoms with van der Waals surface area (Å²) in [7, 11) is 0. The Balaban J connectivity index is 0.865. The molecule has 64 heavy (non-hydrogen) atoms. The zero-order valence-electron chi connectivity index (χ0n) is 34.2. The lowest BCUT2D eigenvalue weighted by molar-refractivity contribution is 0.669. The van der Waals surface area contributed by atoms with Crippen LogP contribution in [0, 0.1) is 0 Å². The van der Waals surface area contributed by atoms with E-state index in [0.29, 0.717) is 17.5 Å². The number of rotatable bonds is 6. The molecule has 13 aromatic rings. The van der Waals surface area contributed by atoms with Gasteiger partial charge in [-0.15, -0.1) is 11.3 Å². The Kier molecular flexibility index (Phi) is 8.32. The predicted octanol–water partition coefficient (Wildman–Crippen LogP) is 15.8. The molecule has 298 valence electrons. The lowest BCUT2D eigenvalue weighted by Crippen LogP contribution is -2.00. The molecule has 4 aromatic heterocycles. The van der Waals surface area contributed by atoms with Gasteiger partial charge in [0.05, 0.1) is 11.2 Å². The summed E-state index contributed by atoms with van der Waals surface area (Å²) in [6.07, 6.45) is 0. The average Bonchev–Trinajstić information content (AvgIpc) is 3.94. The van der Waals surface area contributed by atoms with Crippen molar-refractivity contribution in [2.75, 3.05) is 0 Å². The smallest absolute Gasteiger partial charge is 0.164 e. The predicted molar refractivity (Wildman–Crippen MR) is 265 cm³/mol. The summed E-state index contributed by atoms with van der Waals surface area (Å²) in [5, 5.41) is 8.15. The standard InChI is InChI=1S/C58H34N4OS/c1-4-12-36(13-5-1)55-46-29-31-50-54(53(46)45-18-10-11-19-48(45)59-55)47-32-40(26-30-49(47)63-50)42-25-28-44-43-27-24-41(33-51(43)64-52(44)34-42)35-20-22-39(23-21-35)58-61-56(37-14-6-2-7-15-37)60-57(62-58)38-16-8-3-9-17-38/h1-34H. The summed E-state index contributed by atoms with van der Waals surface area (Å²) in [5.74, 6) is 1.95. The molecule has 0 saturated carbocycles. The van der Waals surface area contributed by atoms with E-state index in [2.05, 4.69) is 140 Å². The number of aromatic nitrogens is 4. The van der Waals surface area contributed by atoms with Gasteiger partial charge < -0.3 is 4.42 Å². The Morgan fingerprint density at radius 3 is 1.41 bits per heavy atom. The molecule has 0 saturated heterocycles. The van der Waals surface area contributed by atoms with E-state index in [9.17, 15) is 0 Å². The van der Waals surface area contributed by atoms with E-state index in [1.165, 1.54) is 36.7 Å². The highest BCUT2D eigenvalue weighted by Gasteiger charge is 2.19. The van der Waals surface area contributed by atoms with Crippen molar-refractivity contribution in [1.82, 2.24) is 19.9 Å². The van der Waals surface area contributed by atoms with Crippen LogP contribution < -0.4 is 0 Å². The quantitative estimate of drug-likeness (QED) is 0.156. The van der Waals surface area contributed by atoms with Crippen LogP contribution in [0.25, 0.3) is 131 Å². The first-order valence-electron chi connectivity index (χ1n) is 21.4. The number of thiophene rings is 1. The third-order valence-electron chi connectivity index (χ3n) is 12.3. The summed E-state index contributed by atoms with van der Waals surface area (Å²) in [6, 6.07) is 72.2. The summed E-state index contributed by atoms with van der Waals surface area (Å²) in [6.45, 7) is 0. The fraction of sp³-hybridized carbons (Fsp3) is 0. The Labute approximate surface area is 371 Å². The molecule has 5 nitrogen and oxygen atoms in total. The van der Waals surface area contributed by atoms with Crippen molar-refractivity contribution in [1.29, 1.82) is 0 Å². The van der Waals surface area contributed by atoms with Crippen molar-refractivity contribution < 1.29 is 4.42 Å². The number of hydrogen-bond acceptors (Lipinski definition) is 6. The van der Waals surface area contributed by atoms with E-state index in [0.717, 1.165) is 77.3 Å². The lowest BCUT2D eigenvalue weighted by atomic mass is 9.95. The van der Waals surface area contributed by atoms with Gasteiger partial charge >= 0.3 is 0 Å². The second-order valence-corrected chi connectivity index (χ2v) is 17.2. The molecule has 6 heteroatoms. The zero-order chi connectivity index (χ0) is 42.1. The van der Waals surface area contributed by atoms with Gasteiger partial charge in [-0.3, -0.25) is 0 Å². The maximum Gasteiger partial charge on any atom is 0.164 e. The van der Waals surface area contributed by atoms with Crippen LogP contribution in [-0.2, 0) is 0 Å². The summed E-state index contributed by atoms with van der Waals surface area (Å²) in [5.41, 5.74) is 12.3. The third-order valence-corrected chi connectivity index (χ3v) is 13.4. The monoisotopic (exact) mass is 834 g/mol. The van der Waals surface area contributed by atoms with Crippen LogP contribution >= 0.6 is 11.3 Å². The number of furan rings is 1. The maximum absolute atomic E-state index is 6.55. The first-order valence-corrected chi connectivity index (χ1v) is 22.2. The molecule has 0 atom stereocenters. The van der Waals surface area contributed by atoms with Crippen LogP contribution in [0.5, 0.6) is 0 Å². The third kappa shape index (κ3) is 6.07. The molecule has 0 aliphatic rings. The normalized spacial score (nSPS) is 11.8. The Morgan fingerprint density at radius 1 is 0.297 bits per heavy atom. The van der Waals surface area contributed by atoms with Crippen molar-refractivity contribution in [3.63, 3.8) is 0 Å². The maximum atomic E-state index is 6.55. The molecule has 4 heterocycles. The fourth-order valence-electron chi connectivity index (χ4n) is 9.19. The number of hydrogen-bond donors (Lipinski definition) is 0. The van der Waals surface area contributed by atoms with E-state index in [4.69, 9.17) is 24.4 Å². The van der Waals surface area contributed by atoms with Crippen molar-refractivity contribution in [3.05, 3.63) is 206 Å². The molecule has 0 N–H and O–H groups in total. The molecular weight excluding hydrogens is 801 g/mol. The number of benzene rings is 9. The van der Waals surface area contributed by atoms with E-state index in [-0.39, 0.29) is 0 Å². The van der Waals surface area contributed by atoms with Gasteiger partial charge in [0.2, 0.25) is 0 Å². The summed E-state index contributed by atoms with van der Waals surface area (Å²) < 4.78 is 9.06. The topological polar surface area (TPSA) is 64.7 Å². The van der Waals surface area contributed by atoms with Crippen LogP contribution in [0.3, 0.4) is 0 Å². The van der Waals surface area contributed by atoms with E-state index >= 15 is 0 Å². The van der Waals surface area contributed by atoms with Gasteiger partial charge in [-0.05, 0) is 64.7 Å². The Bertz CT molecular complexity index is 3880. The first-order chi connectivity index (χ1) is 31.7. The number of para-hydroxylation sites is 1. The fourth-order valence-corrected chi connectivity index (χ4v) is 10.4. The lowest BCUT2D eigenvalue weighted by Gasteiger charge is -2.11. The second-order valence-electron chi connectivity index (χ2n) is 16.2. The minimum atomic E-state index is 0.645. The van der Waals surface area contributed by atoms with E-state index < -0.39 is 0 Å². The van der Waals surface area contributed by atoms with Crippen molar-refractivity contribution in [3.8, 4) is 67.7 Å². The second kappa shape index (κ2) is 14.7. The SMILES string of the molecule is c1ccc(-c2nc(-c3ccccc3)nc(-c3ccc(-c4ccc5c(c4)sc4cc(-c6ccc7oc8ccc9c(-c%10ccccc%10)nc%10ccccc%10c9c8c7c6)ccc45)cc3)n2)cc1. The highest BCUT2D eigenvalue weighted by atomic mass is 32.1. The average molecular weight is 835 g/mol. The molecule has 0 aliphatic heterocycles. The molecule has 0 spiro atoms. The van der Waals surface area contributed by atoms with Gasteiger partial charge in [0.1, 0.15) is 11.2 Å². The molecule has 0 fully saturated rings. The number of fused-ring (bicyclic) bond motifs is 10. The largest absolute Gasteiger partial charge is 0.456 e. The Morgan fingerprint density at radius 2 is 0.766 bits per heavy atom.